The summed E-state index contributed by atoms with van der Waals surface area (Å²) in [7, 11) is 0. The Bertz CT molecular complexity index is 365. The zero-order chi connectivity index (χ0) is 16.5. The standard InChI is InChI=1S/C6Cl6.C2Cl6/c7-1-2(8)4(10)6(12)5(11)3(1)9;3-1(4,5)2(6,7)8. The second kappa shape index (κ2) is 8.70. The van der Waals surface area contributed by atoms with E-state index in [1.165, 1.54) is 0 Å². The van der Waals surface area contributed by atoms with Gasteiger partial charge in [0, 0.05) is 0 Å². The third-order valence-electron chi connectivity index (χ3n) is 1.48. The van der Waals surface area contributed by atoms with Gasteiger partial charge in [0.15, 0.2) is 0 Å². The van der Waals surface area contributed by atoms with E-state index in [1.54, 1.807) is 0 Å². The molecule has 0 aliphatic carbocycles. The molecule has 1 aromatic rings. The van der Waals surface area contributed by atoms with Gasteiger partial charge in [-0.3, -0.25) is 0 Å². The Labute approximate surface area is 175 Å². The molecule has 0 unspecified atom stereocenters. The second-order valence-corrected chi connectivity index (χ2v) is 9.71. The maximum absolute atomic E-state index is 5.67. The van der Waals surface area contributed by atoms with Gasteiger partial charge >= 0.3 is 0 Å². The molecule has 0 bridgehead atoms. The van der Waals surface area contributed by atoms with Crippen molar-refractivity contribution in [3.63, 3.8) is 0 Å². The van der Waals surface area contributed by atoms with Gasteiger partial charge in [-0.15, -0.1) is 0 Å². The lowest BCUT2D eigenvalue weighted by atomic mass is 10.3. The first-order chi connectivity index (χ1) is 8.71. The predicted octanol–water partition coefficient (Wildman–Crippen LogP) is 9.33. The first-order valence-electron chi connectivity index (χ1n) is 4.02. The van der Waals surface area contributed by atoms with Crippen LogP contribution in [0.4, 0.5) is 0 Å². The summed E-state index contributed by atoms with van der Waals surface area (Å²) in [5.74, 6) is 0. The van der Waals surface area contributed by atoms with Crippen LogP contribution in [0.2, 0.25) is 30.1 Å². The van der Waals surface area contributed by atoms with Gasteiger partial charge in [0.25, 0.3) is 0 Å². The van der Waals surface area contributed by atoms with E-state index >= 15 is 0 Å². The molecule has 0 saturated carbocycles. The van der Waals surface area contributed by atoms with Crippen LogP contribution in [-0.2, 0) is 0 Å². The number of benzene rings is 1. The van der Waals surface area contributed by atoms with Crippen molar-refractivity contribution in [2.75, 3.05) is 0 Å². The summed E-state index contributed by atoms with van der Waals surface area (Å²) in [6, 6.07) is 0. The van der Waals surface area contributed by atoms with Gasteiger partial charge in [0.2, 0.25) is 7.59 Å². The highest BCUT2D eigenvalue weighted by Crippen LogP contribution is 2.48. The zero-order valence-corrected chi connectivity index (χ0v) is 17.6. The lowest BCUT2D eigenvalue weighted by Gasteiger charge is -2.19. The van der Waals surface area contributed by atoms with Crippen LogP contribution in [0.5, 0.6) is 0 Å². The summed E-state index contributed by atoms with van der Waals surface area (Å²) in [6.45, 7) is 0. The van der Waals surface area contributed by atoms with Crippen LogP contribution in [0.3, 0.4) is 0 Å². The summed E-state index contributed by atoms with van der Waals surface area (Å²) in [6.07, 6.45) is 0. The van der Waals surface area contributed by atoms with Crippen molar-refractivity contribution in [3.05, 3.63) is 30.1 Å². The van der Waals surface area contributed by atoms with Crippen LogP contribution < -0.4 is 0 Å². The first-order valence-corrected chi connectivity index (χ1v) is 8.55. The molecule has 0 spiro atoms. The molecule has 0 saturated heterocycles. The van der Waals surface area contributed by atoms with E-state index < -0.39 is 7.59 Å². The van der Waals surface area contributed by atoms with Gasteiger partial charge in [0.05, 0.1) is 30.1 Å². The predicted molar refractivity (Wildman–Crippen MR) is 97.1 cm³/mol. The minimum Gasteiger partial charge on any atom is -0.0810 e. The van der Waals surface area contributed by atoms with Crippen LogP contribution in [0, 0.1) is 0 Å². The number of rotatable bonds is 0. The highest BCUT2D eigenvalue weighted by Gasteiger charge is 2.43. The largest absolute Gasteiger partial charge is 0.236 e. The van der Waals surface area contributed by atoms with E-state index in [4.69, 9.17) is 139 Å². The molecule has 0 fully saturated rings. The Balaban J connectivity index is 0.000000396. The minimum atomic E-state index is -1.85. The minimum absolute atomic E-state index is 0.109. The lowest BCUT2D eigenvalue weighted by molar-refractivity contribution is 1.10. The summed E-state index contributed by atoms with van der Waals surface area (Å²) in [5.41, 5.74) is 0. The Morgan fingerprint density at radius 2 is 0.450 bits per heavy atom. The third-order valence-corrected chi connectivity index (χ3v) is 6.90. The fraction of sp³-hybridized carbons (Fsp3) is 0.250. The zero-order valence-electron chi connectivity index (χ0n) is 8.54. The average Bonchev–Trinajstić information content (AvgIpc) is 2.30. The van der Waals surface area contributed by atoms with Crippen LogP contribution in [0.1, 0.15) is 0 Å². The molecule has 20 heavy (non-hydrogen) atoms. The molecule has 0 atom stereocenters. The van der Waals surface area contributed by atoms with Gasteiger partial charge in [-0.2, -0.15) is 0 Å². The van der Waals surface area contributed by atoms with Crippen molar-refractivity contribution < 1.29 is 0 Å². The number of alkyl halides is 6. The molecule has 0 nitrogen and oxygen atoms in total. The highest BCUT2D eigenvalue weighted by atomic mass is 35.6. The molecule has 0 N–H and O–H groups in total. The van der Waals surface area contributed by atoms with Crippen molar-refractivity contribution in [1.29, 1.82) is 0 Å². The summed E-state index contributed by atoms with van der Waals surface area (Å²) < 4.78 is -3.70. The Morgan fingerprint density at radius 3 is 0.500 bits per heavy atom. The SMILES string of the molecule is ClC(Cl)(Cl)C(Cl)(Cl)Cl.Clc1c(Cl)c(Cl)c(Cl)c(Cl)c1Cl. The van der Waals surface area contributed by atoms with Crippen LogP contribution in [0.15, 0.2) is 0 Å². The van der Waals surface area contributed by atoms with Gasteiger partial charge in [0.1, 0.15) is 0 Å². The molecule has 0 radical (unpaired) electrons. The molecule has 0 aliphatic rings. The van der Waals surface area contributed by atoms with E-state index in [9.17, 15) is 0 Å². The molecule has 0 aromatic heterocycles. The summed E-state index contributed by atoms with van der Waals surface area (Å²) in [5, 5.41) is 0.654. The fourth-order valence-electron chi connectivity index (χ4n) is 0.578. The first kappa shape index (κ1) is 22.7. The van der Waals surface area contributed by atoms with Crippen molar-refractivity contribution in [3.8, 4) is 0 Å². The maximum Gasteiger partial charge on any atom is 0.236 e. The molecule has 0 amide bonds. The molecule has 1 rings (SSSR count). The molecule has 116 valence electrons. The van der Waals surface area contributed by atoms with E-state index in [-0.39, 0.29) is 30.1 Å². The Hall–Kier alpha value is 2.70. The maximum atomic E-state index is 5.67. The Kier molecular flexibility index (Phi) is 9.87. The fourth-order valence-corrected chi connectivity index (χ4v) is 2.00. The van der Waals surface area contributed by atoms with Crippen molar-refractivity contribution in [1.82, 2.24) is 0 Å². The van der Waals surface area contributed by atoms with E-state index in [0.717, 1.165) is 0 Å². The summed E-state index contributed by atoms with van der Waals surface area (Å²) in [4.78, 5) is 0. The number of hydrogen-bond acceptors (Lipinski definition) is 0. The smallest absolute Gasteiger partial charge is 0.0810 e. The van der Waals surface area contributed by atoms with Crippen molar-refractivity contribution in [2.45, 2.75) is 7.59 Å². The molecule has 0 heterocycles. The second-order valence-electron chi connectivity index (χ2n) is 2.88. The highest BCUT2D eigenvalue weighted by molar-refractivity contribution is 6.83. The van der Waals surface area contributed by atoms with Crippen LogP contribution in [0.25, 0.3) is 0 Å². The van der Waals surface area contributed by atoms with Crippen molar-refractivity contribution >= 4 is 139 Å². The Morgan fingerprint density at radius 1 is 0.350 bits per heavy atom. The van der Waals surface area contributed by atoms with Crippen LogP contribution in [-0.4, -0.2) is 7.59 Å². The quantitative estimate of drug-likeness (QED) is 0.181. The average molecular weight is 522 g/mol. The molecule has 12 heteroatoms. The van der Waals surface area contributed by atoms with Gasteiger partial charge in [-0.25, -0.2) is 0 Å². The van der Waals surface area contributed by atoms with Crippen LogP contribution >= 0.6 is 139 Å². The van der Waals surface area contributed by atoms with Crippen molar-refractivity contribution in [2.24, 2.45) is 0 Å². The topological polar surface area (TPSA) is 0 Å². The van der Waals surface area contributed by atoms with E-state index in [0.29, 0.717) is 0 Å². The molecular formula is C8Cl12. The van der Waals surface area contributed by atoms with E-state index in [2.05, 4.69) is 0 Å². The van der Waals surface area contributed by atoms with E-state index in [1.807, 2.05) is 0 Å². The number of halogens is 12. The summed E-state index contributed by atoms with van der Waals surface area (Å²) >= 11 is 64.9. The molecular weight excluding hydrogens is 522 g/mol. The lowest BCUT2D eigenvalue weighted by Crippen LogP contribution is -2.23. The van der Waals surface area contributed by atoms with Gasteiger partial charge in [-0.05, 0) is 0 Å². The number of hydrogen-bond donors (Lipinski definition) is 0. The van der Waals surface area contributed by atoms with Gasteiger partial charge in [-0.1, -0.05) is 139 Å². The molecule has 1 aromatic carbocycles. The van der Waals surface area contributed by atoms with Gasteiger partial charge < -0.3 is 0 Å². The molecule has 0 aliphatic heterocycles. The third kappa shape index (κ3) is 6.30. The monoisotopic (exact) mass is 516 g/mol. The normalized spacial score (nSPS) is 12.0.